The van der Waals surface area contributed by atoms with Gasteiger partial charge in [-0.2, -0.15) is 0 Å². The smallest absolute Gasteiger partial charge is 0.340 e. The maximum absolute atomic E-state index is 14.1. The van der Waals surface area contributed by atoms with Crippen molar-refractivity contribution >= 4 is 11.8 Å². The lowest BCUT2D eigenvalue weighted by molar-refractivity contribution is -0.282. The van der Waals surface area contributed by atoms with E-state index in [0.29, 0.717) is 5.56 Å². The summed E-state index contributed by atoms with van der Waals surface area (Å²) in [4.78, 5) is 27.0. The number of ether oxygens (including phenoxy) is 4. The molecular weight excluding hydrogens is 636 g/mol. The molecule has 0 radical (unpaired) electrons. The number of esters is 1. The number of carbonyl (C=O) groups excluding carboxylic acids is 2. The zero-order valence-electron chi connectivity index (χ0n) is 25.2. The second kappa shape index (κ2) is 13.0. The van der Waals surface area contributed by atoms with Crippen LogP contribution in [0.1, 0.15) is 48.9 Å². The van der Waals surface area contributed by atoms with E-state index in [9.17, 15) is 55.5 Å². The van der Waals surface area contributed by atoms with E-state index in [0.717, 1.165) is 12.1 Å². The molecule has 2 heterocycles. The summed E-state index contributed by atoms with van der Waals surface area (Å²) in [5.41, 5.74) is 0.00199. The predicted molar refractivity (Wildman–Crippen MR) is 159 cm³/mol. The van der Waals surface area contributed by atoms with Crippen molar-refractivity contribution in [2.45, 2.75) is 74.3 Å². The van der Waals surface area contributed by atoms with Crippen LogP contribution in [0.15, 0.2) is 54.6 Å². The third-order valence-electron chi connectivity index (χ3n) is 8.79. The molecule has 15 nitrogen and oxygen atoms in total. The second-order valence-electron chi connectivity index (χ2n) is 12.0. The van der Waals surface area contributed by atoms with Gasteiger partial charge in [0.1, 0.15) is 66.1 Å². The predicted octanol–water partition coefficient (Wildman–Crippen LogP) is -1.07. The zero-order chi connectivity index (χ0) is 34.6. The molecule has 3 aromatic carbocycles. The Bertz CT molecular complexity index is 1690. The largest absolute Gasteiger partial charge is 0.508 e. The quantitative estimate of drug-likeness (QED) is 0.142. The molecule has 1 aliphatic carbocycles. The number of aromatic hydroxyl groups is 2. The first-order chi connectivity index (χ1) is 22.8. The van der Waals surface area contributed by atoms with Crippen molar-refractivity contribution in [1.29, 1.82) is 0 Å². The lowest BCUT2D eigenvalue weighted by Crippen LogP contribution is -2.60. The van der Waals surface area contributed by atoms with E-state index >= 15 is 0 Å². The number of rotatable bonds is 6. The maximum atomic E-state index is 14.1. The number of aryl methyl sites for hydroxylation is 1. The van der Waals surface area contributed by atoms with Gasteiger partial charge in [0.15, 0.2) is 0 Å². The third kappa shape index (κ3) is 5.78. The molecule has 3 aromatic rings. The molecule has 0 aromatic heterocycles. The van der Waals surface area contributed by atoms with E-state index < -0.39 is 97.2 Å². The topological polar surface area (TPSA) is 253 Å². The van der Waals surface area contributed by atoms with Crippen molar-refractivity contribution in [1.82, 2.24) is 0 Å². The fourth-order valence-corrected chi connectivity index (χ4v) is 6.42. The highest BCUT2D eigenvalue weighted by molar-refractivity contribution is 6.16. The van der Waals surface area contributed by atoms with E-state index in [4.69, 9.17) is 18.9 Å². The van der Waals surface area contributed by atoms with Gasteiger partial charge in [0.2, 0.25) is 18.4 Å². The van der Waals surface area contributed by atoms with Gasteiger partial charge in [0.25, 0.3) is 0 Å². The van der Waals surface area contributed by atoms with Crippen LogP contribution in [0.5, 0.6) is 17.2 Å². The molecule has 6 rings (SSSR count). The average molecular weight is 671 g/mol. The number of carbonyl (C=O) groups is 2. The highest BCUT2D eigenvalue weighted by atomic mass is 16.7. The van der Waals surface area contributed by atoms with Crippen molar-refractivity contribution in [3.8, 4) is 17.2 Å². The minimum Gasteiger partial charge on any atom is -0.508 e. The summed E-state index contributed by atoms with van der Waals surface area (Å²) < 4.78 is 22.7. The molecule has 11 atom stereocenters. The molecule has 0 saturated carbocycles. The Morgan fingerprint density at radius 3 is 2.10 bits per heavy atom. The SMILES string of the molecule is Cc1cc(O[C@@H]2O[C@H](CO)[C@@H](O)[C@H](O)[C@H]2O)c2c(c1)[C@H]([C@@H]1OC(OC(=O)c3ccccc3)C(O)C(O)C1O)c1cc(O)cc(O)c1C2=O. The minimum absolute atomic E-state index is 0.0461. The standard InChI is InChI=1S/C33H34O15/c1-12-7-15-20(30-27(41)26(40)29(43)33(47-30)48-31(44)13-5-3-2-4-6-13)16-9-14(35)10-17(36)21(16)24(38)22(15)18(8-12)45-32-28(42)25(39)23(37)19(11-34)46-32/h2-10,19-20,23,25-30,32-37,39-43H,11H2,1H3/t19-,20+,23-,25+,26?,27?,28-,29?,30+,32-,33?/m1/s1. The van der Waals surface area contributed by atoms with Crippen molar-refractivity contribution in [2.75, 3.05) is 6.61 Å². The number of phenols is 2. The summed E-state index contributed by atoms with van der Waals surface area (Å²) >= 11 is 0. The van der Waals surface area contributed by atoms with Crippen molar-refractivity contribution in [2.24, 2.45) is 0 Å². The molecule has 256 valence electrons. The number of aliphatic hydroxyl groups excluding tert-OH is 7. The fourth-order valence-electron chi connectivity index (χ4n) is 6.42. The first-order valence-electron chi connectivity index (χ1n) is 15.0. The monoisotopic (exact) mass is 670 g/mol. The van der Waals surface area contributed by atoms with E-state index in [1.54, 1.807) is 25.1 Å². The first-order valence-corrected chi connectivity index (χ1v) is 15.0. The number of fused-ring (bicyclic) bond motifs is 2. The van der Waals surface area contributed by atoms with Crippen LogP contribution in [0.3, 0.4) is 0 Å². The van der Waals surface area contributed by atoms with Gasteiger partial charge in [-0.1, -0.05) is 24.3 Å². The average Bonchev–Trinajstić information content (AvgIpc) is 3.05. The lowest BCUT2D eigenvalue weighted by atomic mass is 9.71. The maximum Gasteiger partial charge on any atom is 0.340 e. The Morgan fingerprint density at radius 2 is 1.42 bits per heavy atom. The fraction of sp³-hybridized carbons (Fsp3) is 0.394. The molecule has 2 saturated heterocycles. The summed E-state index contributed by atoms with van der Waals surface area (Å²) in [6.45, 7) is 0.863. The lowest BCUT2D eigenvalue weighted by Gasteiger charge is -2.45. The van der Waals surface area contributed by atoms with Gasteiger partial charge < -0.3 is 64.9 Å². The Morgan fingerprint density at radius 1 is 0.771 bits per heavy atom. The molecule has 4 unspecified atom stereocenters. The van der Waals surface area contributed by atoms with Crippen LogP contribution in [0, 0.1) is 6.92 Å². The summed E-state index contributed by atoms with van der Waals surface area (Å²) in [5, 5.41) is 95.1. The summed E-state index contributed by atoms with van der Waals surface area (Å²) in [6.07, 6.45) is -17.5. The van der Waals surface area contributed by atoms with Gasteiger partial charge in [-0.25, -0.2) is 4.79 Å². The number of benzene rings is 3. The summed E-state index contributed by atoms with van der Waals surface area (Å²) in [5.74, 6) is -4.41. The number of hydrogen-bond donors (Lipinski definition) is 9. The molecule has 2 fully saturated rings. The van der Waals surface area contributed by atoms with Gasteiger partial charge in [0.05, 0.1) is 23.3 Å². The zero-order valence-corrected chi connectivity index (χ0v) is 25.2. The normalized spacial score (nSPS) is 33.0. The third-order valence-corrected chi connectivity index (χ3v) is 8.79. The highest BCUT2D eigenvalue weighted by Gasteiger charge is 2.52. The van der Waals surface area contributed by atoms with E-state index in [1.807, 2.05) is 0 Å². The molecule has 0 bridgehead atoms. The molecule has 3 aliphatic rings. The van der Waals surface area contributed by atoms with Crippen LogP contribution in [0.25, 0.3) is 0 Å². The Labute approximate surface area is 272 Å². The Balaban J connectivity index is 1.45. The van der Waals surface area contributed by atoms with Crippen LogP contribution in [0.4, 0.5) is 0 Å². The van der Waals surface area contributed by atoms with Crippen LogP contribution in [0.2, 0.25) is 0 Å². The summed E-state index contributed by atoms with van der Waals surface area (Å²) in [7, 11) is 0. The Hall–Kier alpha value is -4.16. The van der Waals surface area contributed by atoms with Gasteiger partial charge in [-0.05, 0) is 47.9 Å². The van der Waals surface area contributed by atoms with E-state index in [-0.39, 0.29) is 33.6 Å². The number of aliphatic hydroxyl groups is 7. The van der Waals surface area contributed by atoms with E-state index in [1.165, 1.54) is 24.3 Å². The number of ketones is 1. The van der Waals surface area contributed by atoms with Gasteiger partial charge >= 0.3 is 5.97 Å². The molecule has 9 N–H and O–H groups in total. The van der Waals surface area contributed by atoms with Gasteiger partial charge in [-0.3, -0.25) is 4.79 Å². The molecule has 0 amide bonds. The van der Waals surface area contributed by atoms with Gasteiger partial charge in [-0.15, -0.1) is 0 Å². The van der Waals surface area contributed by atoms with Gasteiger partial charge in [0, 0.05) is 12.0 Å². The highest BCUT2D eigenvalue weighted by Crippen LogP contribution is 2.49. The molecule has 48 heavy (non-hydrogen) atoms. The number of phenolic OH excluding ortho intramolecular Hbond substituents is 2. The first kappa shape index (κ1) is 33.7. The molecular formula is C33H34O15. The van der Waals surface area contributed by atoms with Crippen molar-refractivity contribution in [3.63, 3.8) is 0 Å². The Kier molecular flexibility index (Phi) is 9.16. The second-order valence-corrected chi connectivity index (χ2v) is 12.0. The van der Waals surface area contributed by atoms with E-state index in [2.05, 4.69) is 0 Å². The van der Waals surface area contributed by atoms with Crippen LogP contribution in [-0.4, -0.2) is 126 Å². The van der Waals surface area contributed by atoms with Crippen LogP contribution < -0.4 is 4.74 Å². The summed E-state index contributed by atoms with van der Waals surface area (Å²) in [6, 6.07) is 12.7. The molecule has 15 heteroatoms. The van der Waals surface area contributed by atoms with Crippen LogP contribution in [-0.2, 0) is 14.2 Å². The molecule has 0 spiro atoms. The molecule has 2 aliphatic heterocycles. The number of hydrogen-bond acceptors (Lipinski definition) is 15. The minimum atomic E-state index is -1.94. The van der Waals surface area contributed by atoms with Crippen molar-refractivity contribution < 1.29 is 74.5 Å². The van der Waals surface area contributed by atoms with Crippen LogP contribution >= 0.6 is 0 Å². The van der Waals surface area contributed by atoms with Crippen molar-refractivity contribution in [3.05, 3.63) is 88.0 Å².